The molecule has 0 aliphatic carbocycles. The van der Waals surface area contributed by atoms with Gasteiger partial charge in [-0.25, -0.2) is 4.68 Å². The van der Waals surface area contributed by atoms with Crippen molar-refractivity contribution in [3.8, 4) is 11.3 Å². The molecule has 0 N–H and O–H groups in total. The number of benzene rings is 1. The van der Waals surface area contributed by atoms with E-state index >= 15 is 0 Å². The Morgan fingerprint density at radius 1 is 1.25 bits per heavy atom. The molecule has 0 unspecified atom stereocenters. The predicted octanol–water partition coefficient (Wildman–Crippen LogP) is 4.57. The molecule has 0 spiro atoms. The highest BCUT2D eigenvalue weighted by Gasteiger charge is 2.08. The zero-order valence-corrected chi connectivity index (χ0v) is 15.9. The Morgan fingerprint density at radius 3 is 2.71 bits per heavy atom. The summed E-state index contributed by atoms with van der Waals surface area (Å²) >= 11 is 5.08. The molecule has 0 saturated heterocycles. The van der Waals surface area contributed by atoms with Gasteiger partial charge in [0, 0.05) is 39.9 Å². The SMILES string of the molecule is CCN=c1scc(-c2ccc(Br)cc2)n1N=C(C)c1cccnc1. The molecule has 3 rings (SSSR count). The second-order valence-electron chi connectivity index (χ2n) is 5.12. The van der Waals surface area contributed by atoms with E-state index < -0.39 is 0 Å². The van der Waals surface area contributed by atoms with Crippen LogP contribution in [-0.2, 0) is 0 Å². The summed E-state index contributed by atoms with van der Waals surface area (Å²) in [5.41, 5.74) is 4.04. The lowest BCUT2D eigenvalue weighted by atomic mass is 10.2. The maximum Gasteiger partial charge on any atom is 0.206 e. The number of nitrogens with zero attached hydrogens (tertiary/aromatic N) is 4. The van der Waals surface area contributed by atoms with E-state index in [0.717, 1.165) is 38.4 Å². The van der Waals surface area contributed by atoms with Crippen LogP contribution in [0, 0.1) is 0 Å². The van der Waals surface area contributed by atoms with Crippen molar-refractivity contribution in [3.63, 3.8) is 0 Å². The molecule has 2 heterocycles. The molecule has 0 radical (unpaired) electrons. The number of rotatable bonds is 4. The average Bonchev–Trinajstić information content (AvgIpc) is 2.99. The highest BCUT2D eigenvalue weighted by Crippen LogP contribution is 2.22. The van der Waals surface area contributed by atoms with Crippen LogP contribution in [0.3, 0.4) is 0 Å². The van der Waals surface area contributed by atoms with Crippen LogP contribution < -0.4 is 4.80 Å². The first-order valence-electron chi connectivity index (χ1n) is 7.62. The lowest BCUT2D eigenvalue weighted by Crippen LogP contribution is -2.14. The third kappa shape index (κ3) is 3.71. The van der Waals surface area contributed by atoms with Crippen LogP contribution in [-0.4, -0.2) is 21.9 Å². The van der Waals surface area contributed by atoms with Crippen molar-refractivity contribution >= 4 is 33.0 Å². The Balaban J connectivity index is 2.13. The molecule has 0 aliphatic rings. The van der Waals surface area contributed by atoms with Gasteiger partial charge >= 0.3 is 0 Å². The van der Waals surface area contributed by atoms with Crippen LogP contribution in [0.4, 0.5) is 0 Å². The summed E-state index contributed by atoms with van der Waals surface area (Å²) in [6.07, 6.45) is 3.58. The lowest BCUT2D eigenvalue weighted by Gasteiger charge is -2.06. The number of thiazole rings is 1. The van der Waals surface area contributed by atoms with E-state index in [1.165, 1.54) is 0 Å². The van der Waals surface area contributed by atoms with Gasteiger partial charge in [-0.05, 0) is 32.0 Å². The molecule has 0 fully saturated rings. The molecule has 4 nitrogen and oxygen atoms in total. The topological polar surface area (TPSA) is 42.5 Å². The third-order valence-corrected chi connectivity index (χ3v) is 4.83. The minimum absolute atomic E-state index is 0.724. The number of hydrogen-bond donors (Lipinski definition) is 0. The molecule has 6 heteroatoms. The Morgan fingerprint density at radius 2 is 2.04 bits per heavy atom. The van der Waals surface area contributed by atoms with Gasteiger partial charge in [-0.15, -0.1) is 11.3 Å². The van der Waals surface area contributed by atoms with Crippen LogP contribution in [0.25, 0.3) is 11.3 Å². The number of pyridine rings is 1. The lowest BCUT2D eigenvalue weighted by molar-refractivity contribution is 0.827. The second-order valence-corrected chi connectivity index (χ2v) is 6.88. The van der Waals surface area contributed by atoms with Crippen molar-refractivity contribution < 1.29 is 0 Å². The maximum absolute atomic E-state index is 4.80. The fraction of sp³-hybridized carbons (Fsp3) is 0.167. The number of aromatic nitrogens is 2. The van der Waals surface area contributed by atoms with E-state index in [-0.39, 0.29) is 0 Å². The van der Waals surface area contributed by atoms with Crippen molar-refractivity contribution in [2.45, 2.75) is 13.8 Å². The van der Waals surface area contributed by atoms with Gasteiger partial charge in [0.25, 0.3) is 0 Å². The highest BCUT2D eigenvalue weighted by molar-refractivity contribution is 9.10. The van der Waals surface area contributed by atoms with Crippen LogP contribution in [0.2, 0.25) is 0 Å². The second kappa shape index (κ2) is 7.68. The van der Waals surface area contributed by atoms with Gasteiger partial charge in [-0.2, -0.15) is 5.10 Å². The molecule has 24 heavy (non-hydrogen) atoms. The standard InChI is InChI=1S/C18H17BrN4S/c1-3-21-18-23(22-13(2)15-5-4-10-20-11-15)17(12-24-18)14-6-8-16(19)9-7-14/h4-12H,3H2,1-2H3. The first-order chi connectivity index (χ1) is 11.7. The molecule has 0 bridgehead atoms. The fourth-order valence-corrected chi connectivity index (χ4v) is 3.40. The summed E-state index contributed by atoms with van der Waals surface area (Å²) < 4.78 is 2.97. The summed E-state index contributed by atoms with van der Waals surface area (Å²) in [5.74, 6) is 0. The van der Waals surface area contributed by atoms with Crippen molar-refractivity contribution in [3.05, 3.63) is 69.0 Å². The van der Waals surface area contributed by atoms with Crippen molar-refractivity contribution in [2.75, 3.05) is 6.54 Å². The third-order valence-electron chi connectivity index (χ3n) is 3.45. The Hall–Kier alpha value is -2.05. The van der Waals surface area contributed by atoms with Gasteiger partial charge in [-0.3, -0.25) is 9.98 Å². The summed E-state index contributed by atoms with van der Waals surface area (Å²) in [4.78, 5) is 9.62. The largest absolute Gasteiger partial charge is 0.264 e. The summed E-state index contributed by atoms with van der Waals surface area (Å²) in [6, 6.07) is 12.1. The monoisotopic (exact) mass is 400 g/mol. The molecule has 122 valence electrons. The van der Waals surface area contributed by atoms with E-state index in [0.29, 0.717) is 0 Å². The summed E-state index contributed by atoms with van der Waals surface area (Å²) in [5, 5.41) is 6.90. The Bertz CT molecular complexity index is 908. The molecule has 1 aromatic carbocycles. The summed E-state index contributed by atoms with van der Waals surface area (Å²) in [6.45, 7) is 4.74. The van der Waals surface area contributed by atoms with Crippen LogP contribution in [0.5, 0.6) is 0 Å². The molecular formula is C18H17BrN4S. The fourth-order valence-electron chi connectivity index (χ4n) is 2.24. The molecule has 0 atom stereocenters. The van der Waals surface area contributed by atoms with E-state index in [2.05, 4.69) is 43.4 Å². The smallest absolute Gasteiger partial charge is 0.206 e. The molecular weight excluding hydrogens is 384 g/mol. The van der Waals surface area contributed by atoms with E-state index in [9.17, 15) is 0 Å². The average molecular weight is 401 g/mol. The van der Waals surface area contributed by atoms with E-state index in [1.54, 1.807) is 17.5 Å². The zero-order chi connectivity index (χ0) is 16.9. The Kier molecular flexibility index (Phi) is 5.37. The van der Waals surface area contributed by atoms with Gasteiger partial charge < -0.3 is 0 Å². The van der Waals surface area contributed by atoms with Crippen LogP contribution in [0.15, 0.2) is 68.7 Å². The Labute approximate surface area is 153 Å². The molecule has 0 aliphatic heterocycles. The molecule has 0 saturated carbocycles. The van der Waals surface area contributed by atoms with Gasteiger partial charge in [-0.1, -0.05) is 34.1 Å². The first-order valence-corrected chi connectivity index (χ1v) is 9.29. The predicted molar refractivity (Wildman–Crippen MR) is 103 cm³/mol. The first kappa shape index (κ1) is 16.8. The van der Waals surface area contributed by atoms with E-state index in [1.807, 2.05) is 49.0 Å². The highest BCUT2D eigenvalue weighted by atomic mass is 79.9. The molecule has 3 aromatic rings. The van der Waals surface area contributed by atoms with Crippen LogP contribution >= 0.6 is 27.3 Å². The van der Waals surface area contributed by atoms with Crippen molar-refractivity contribution in [2.24, 2.45) is 10.1 Å². The summed E-state index contributed by atoms with van der Waals surface area (Å²) in [7, 11) is 0. The van der Waals surface area contributed by atoms with Gasteiger partial charge in [0.2, 0.25) is 4.80 Å². The van der Waals surface area contributed by atoms with E-state index in [4.69, 9.17) is 5.10 Å². The number of hydrogen-bond acceptors (Lipinski definition) is 4. The van der Waals surface area contributed by atoms with Crippen molar-refractivity contribution in [1.82, 2.24) is 9.66 Å². The van der Waals surface area contributed by atoms with Crippen LogP contribution in [0.1, 0.15) is 19.4 Å². The zero-order valence-electron chi connectivity index (χ0n) is 13.5. The normalized spacial score (nSPS) is 12.6. The van der Waals surface area contributed by atoms with Gasteiger partial charge in [0.1, 0.15) is 0 Å². The van der Waals surface area contributed by atoms with Gasteiger partial charge in [0.15, 0.2) is 0 Å². The van der Waals surface area contributed by atoms with Crippen molar-refractivity contribution in [1.29, 1.82) is 0 Å². The number of halogens is 1. The molecule has 2 aromatic heterocycles. The quantitative estimate of drug-likeness (QED) is 0.591. The molecule has 0 amide bonds. The minimum Gasteiger partial charge on any atom is -0.264 e. The minimum atomic E-state index is 0.724. The maximum atomic E-state index is 4.80. The van der Waals surface area contributed by atoms with Gasteiger partial charge in [0.05, 0.1) is 11.4 Å².